The number of nitrogen functional groups attached to an aromatic ring is 1. The first kappa shape index (κ1) is 11.8. The molecule has 1 fully saturated rings. The molecule has 2 aromatic heterocycles. The Morgan fingerprint density at radius 1 is 1.42 bits per heavy atom. The largest absolute Gasteiger partial charge is 0.465 e. The molecule has 0 atom stereocenters. The van der Waals surface area contributed by atoms with Gasteiger partial charge in [-0.15, -0.1) is 0 Å². The van der Waals surface area contributed by atoms with E-state index in [0.717, 1.165) is 24.2 Å². The lowest BCUT2D eigenvalue weighted by molar-refractivity contribution is 0.131. The molecule has 1 aliphatic rings. The van der Waals surface area contributed by atoms with Gasteiger partial charge in [-0.1, -0.05) is 0 Å². The summed E-state index contributed by atoms with van der Waals surface area (Å²) in [6.45, 7) is 1.10. The fourth-order valence-electron chi connectivity index (χ4n) is 2.53. The monoisotopic (exact) mass is 261 g/mol. The Balaban J connectivity index is 1.83. The highest BCUT2D eigenvalue weighted by molar-refractivity contribution is 5.65. The van der Waals surface area contributed by atoms with Crippen LogP contribution in [-0.4, -0.2) is 43.8 Å². The number of amides is 1. The van der Waals surface area contributed by atoms with Gasteiger partial charge in [-0.05, 0) is 12.8 Å². The number of carbonyl (C=O) groups is 1. The molecule has 7 nitrogen and oxygen atoms in total. The second-order valence-corrected chi connectivity index (χ2v) is 4.75. The van der Waals surface area contributed by atoms with Crippen LogP contribution in [0.1, 0.15) is 24.5 Å². The number of fused-ring (bicyclic) bond motifs is 1. The summed E-state index contributed by atoms with van der Waals surface area (Å²) in [7, 11) is 0. The first-order chi connectivity index (χ1) is 9.15. The van der Waals surface area contributed by atoms with E-state index < -0.39 is 6.09 Å². The van der Waals surface area contributed by atoms with Gasteiger partial charge in [0.2, 0.25) is 0 Å². The second-order valence-electron chi connectivity index (χ2n) is 4.75. The lowest BCUT2D eigenvalue weighted by Gasteiger charge is -2.29. The highest BCUT2D eigenvalue weighted by Gasteiger charge is 2.24. The van der Waals surface area contributed by atoms with E-state index in [9.17, 15) is 4.79 Å². The predicted molar refractivity (Wildman–Crippen MR) is 69.0 cm³/mol. The van der Waals surface area contributed by atoms with Crippen molar-refractivity contribution in [2.24, 2.45) is 0 Å². The average molecular weight is 261 g/mol. The van der Waals surface area contributed by atoms with Crippen molar-refractivity contribution in [3.05, 3.63) is 24.0 Å². The maximum absolute atomic E-state index is 10.9. The van der Waals surface area contributed by atoms with Crippen LogP contribution in [0.3, 0.4) is 0 Å². The van der Waals surface area contributed by atoms with Gasteiger partial charge in [-0.25, -0.2) is 9.78 Å². The zero-order valence-corrected chi connectivity index (χ0v) is 10.4. The molecule has 1 aliphatic heterocycles. The molecular formula is C12H15N5O2. The zero-order valence-electron chi connectivity index (χ0n) is 10.4. The van der Waals surface area contributed by atoms with Gasteiger partial charge in [0.15, 0.2) is 5.65 Å². The van der Waals surface area contributed by atoms with Crippen LogP contribution in [-0.2, 0) is 0 Å². The van der Waals surface area contributed by atoms with E-state index in [1.165, 1.54) is 4.90 Å². The molecule has 7 heteroatoms. The van der Waals surface area contributed by atoms with Crippen LogP contribution in [0, 0.1) is 0 Å². The van der Waals surface area contributed by atoms with Crippen LogP contribution >= 0.6 is 0 Å². The minimum Gasteiger partial charge on any atom is -0.465 e. The predicted octanol–water partition coefficient (Wildman–Crippen LogP) is 1.17. The first-order valence-corrected chi connectivity index (χ1v) is 6.23. The van der Waals surface area contributed by atoms with Gasteiger partial charge in [-0.3, -0.25) is 0 Å². The number of nitrogens with zero attached hydrogens (tertiary/aromatic N) is 4. The Bertz CT molecular complexity index is 616. The van der Waals surface area contributed by atoms with Crippen LogP contribution in [0.2, 0.25) is 0 Å². The molecule has 3 heterocycles. The lowest BCUT2D eigenvalue weighted by Crippen LogP contribution is -2.37. The van der Waals surface area contributed by atoms with E-state index in [-0.39, 0.29) is 5.92 Å². The number of likely N-dealkylation sites (tertiary alicyclic amines) is 1. The van der Waals surface area contributed by atoms with Crippen LogP contribution in [0.15, 0.2) is 18.3 Å². The molecule has 0 bridgehead atoms. The molecule has 19 heavy (non-hydrogen) atoms. The Hall–Kier alpha value is -2.31. The summed E-state index contributed by atoms with van der Waals surface area (Å²) in [5, 5.41) is 13.0. The summed E-state index contributed by atoms with van der Waals surface area (Å²) in [6, 6.07) is 3.65. The summed E-state index contributed by atoms with van der Waals surface area (Å²) < 4.78 is 1.59. The standard InChI is InChI=1S/C12H15N5O2/c13-10-7-9(15-11-1-4-14-17(10)11)8-2-5-16(6-3-8)12(18)19/h1,4,7-8H,2-3,5-6,13H2,(H,18,19). The molecule has 0 saturated carbocycles. The van der Waals surface area contributed by atoms with Crippen molar-refractivity contribution in [2.45, 2.75) is 18.8 Å². The third-order valence-electron chi connectivity index (χ3n) is 3.59. The van der Waals surface area contributed by atoms with Gasteiger partial charge >= 0.3 is 6.09 Å². The van der Waals surface area contributed by atoms with Crippen molar-refractivity contribution >= 4 is 17.6 Å². The highest BCUT2D eigenvalue weighted by atomic mass is 16.4. The molecule has 0 radical (unpaired) electrons. The number of anilines is 1. The zero-order chi connectivity index (χ0) is 13.4. The molecule has 3 N–H and O–H groups in total. The average Bonchev–Trinajstić information content (AvgIpc) is 2.87. The molecule has 0 spiro atoms. The Kier molecular flexibility index (Phi) is 2.73. The van der Waals surface area contributed by atoms with Gasteiger partial charge in [0.05, 0.1) is 6.20 Å². The Morgan fingerprint density at radius 3 is 2.84 bits per heavy atom. The van der Waals surface area contributed by atoms with Crippen molar-refractivity contribution in [3.8, 4) is 0 Å². The van der Waals surface area contributed by atoms with Crippen molar-refractivity contribution in [1.82, 2.24) is 19.5 Å². The maximum Gasteiger partial charge on any atom is 0.407 e. The molecule has 1 amide bonds. The van der Waals surface area contributed by atoms with Crippen LogP contribution in [0.4, 0.5) is 10.6 Å². The quantitative estimate of drug-likeness (QED) is 0.803. The van der Waals surface area contributed by atoms with Gasteiger partial charge < -0.3 is 15.7 Å². The molecular weight excluding hydrogens is 246 g/mol. The van der Waals surface area contributed by atoms with Crippen molar-refractivity contribution in [2.75, 3.05) is 18.8 Å². The molecule has 2 aromatic rings. The smallest absolute Gasteiger partial charge is 0.407 e. The minimum absolute atomic E-state index is 0.262. The van der Waals surface area contributed by atoms with Gasteiger partial charge in [-0.2, -0.15) is 9.61 Å². The number of aromatic nitrogens is 3. The van der Waals surface area contributed by atoms with E-state index in [2.05, 4.69) is 10.1 Å². The number of piperidine rings is 1. The van der Waals surface area contributed by atoms with E-state index >= 15 is 0 Å². The van der Waals surface area contributed by atoms with Gasteiger partial charge in [0.25, 0.3) is 0 Å². The summed E-state index contributed by atoms with van der Waals surface area (Å²) in [6.07, 6.45) is 2.37. The Morgan fingerprint density at radius 2 is 2.16 bits per heavy atom. The molecule has 0 unspecified atom stereocenters. The summed E-state index contributed by atoms with van der Waals surface area (Å²) in [4.78, 5) is 16.9. The third-order valence-corrected chi connectivity index (χ3v) is 3.59. The topological polar surface area (TPSA) is 96.8 Å². The molecule has 0 aliphatic carbocycles. The highest BCUT2D eigenvalue weighted by Crippen LogP contribution is 2.28. The number of hydrogen-bond donors (Lipinski definition) is 2. The van der Waals surface area contributed by atoms with E-state index in [0.29, 0.717) is 18.9 Å². The maximum atomic E-state index is 10.9. The van der Waals surface area contributed by atoms with Crippen molar-refractivity contribution < 1.29 is 9.90 Å². The van der Waals surface area contributed by atoms with E-state index in [1.54, 1.807) is 10.7 Å². The minimum atomic E-state index is -0.850. The van der Waals surface area contributed by atoms with Crippen molar-refractivity contribution in [3.63, 3.8) is 0 Å². The fraction of sp³-hybridized carbons (Fsp3) is 0.417. The third kappa shape index (κ3) is 2.07. The Labute approximate surface area is 109 Å². The van der Waals surface area contributed by atoms with E-state index in [4.69, 9.17) is 10.8 Å². The summed E-state index contributed by atoms with van der Waals surface area (Å²) in [5.41, 5.74) is 7.60. The number of rotatable bonds is 1. The van der Waals surface area contributed by atoms with Crippen LogP contribution in [0.25, 0.3) is 5.65 Å². The number of hydrogen-bond acceptors (Lipinski definition) is 4. The molecule has 3 rings (SSSR count). The summed E-state index contributed by atoms with van der Waals surface area (Å²) >= 11 is 0. The molecule has 0 aromatic carbocycles. The van der Waals surface area contributed by atoms with Crippen molar-refractivity contribution in [1.29, 1.82) is 0 Å². The molecule has 100 valence electrons. The fourth-order valence-corrected chi connectivity index (χ4v) is 2.53. The number of carboxylic acid groups (broad SMARTS) is 1. The van der Waals surface area contributed by atoms with Gasteiger partial charge in [0, 0.05) is 36.8 Å². The summed E-state index contributed by atoms with van der Waals surface area (Å²) in [5.74, 6) is 0.823. The van der Waals surface area contributed by atoms with Gasteiger partial charge in [0.1, 0.15) is 5.82 Å². The molecule has 1 saturated heterocycles. The second kappa shape index (κ2) is 4.42. The van der Waals surface area contributed by atoms with E-state index in [1.807, 2.05) is 12.1 Å². The first-order valence-electron chi connectivity index (χ1n) is 6.23. The number of nitrogens with two attached hydrogens (primary N) is 1. The normalized spacial score (nSPS) is 16.9. The SMILES string of the molecule is Nc1cc(C2CCN(C(=O)O)CC2)nc2ccnn12. The van der Waals surface area contributed by atoms with Crippen LogP contribution < -0.4 is 5.73 Å². The lowest BCUT2D eigenvalue weighted by atomic mass is 9.93. The van der Waals surface area contributed by atoms with Crippen LogP contribution in [0.5, 0.6) is 0 Å².